The molecule has 0 spiro atoms. The third-order valence-electron chi connectivity index (χ3n) is 4.24. The molecule has 0 aliphatic carbocycles. The first-order chi connectivity index (χ1) is 14.0. The molecule has 0 aliphatic heterocycles. The van der Waals surface area contributed by atoms with Crippen LogP contribution in [-0.2, 0) is 0 Å². The summed E-state index contributed by atoms with van der Waals surface area (Å²) in [5.41, 5.74) is 3.04. The zero-order valence-corrected chi connectivity index (χ0v) is 15.7. The number of aromatic nitrogens is 4. The minimum Gasteiger partial charge on any atom is -0.437 e. The number of ether oxygens (including phenoxy) is 1. The molecule has 0 unspecified atom stereocenters. The van der Waals surface area contributed by atoms with Crippen molar-refractivity contribution in [2.75, 3.05) is 5.32 Å². The first-order valence-electron chi connectivity index (χ1n) is 8.73. The first-order valence-corrected chi connectivity index (χ1v) is 8.73. The lowest BCUT2D eigenvalue weighted by molar-refractivity contribution is -0.384. The molecule has 0 saturated heterocycles. The summed E-state index contributed by atoms with van der Waals surface area (Å²) in [4.78, 5) is 27.4. The highest BCUT2D eigenvalue weighted by Crippen LogP contribution is 2.30. The second-order valence-electron chi connectivity index (χ2n) is 6.38. The molecule has 0 radical (unpaired) electrons. The largest absolute Gasteiger partial charge is 0.437 e. The molecule has 0 fully saturated rings. The van der Waals surface area contributed by atoms with Gasteiger partial charge in [-0.1, -0.05) is 0 Å². The maximum Gasteiger partial charge on any atom is 0.270 e. The van der Waals surface area contributed by atoms with E-state index in [9.17, 15) is 10.1 Å². The Balaban J connectivity index is 1.61. The Kier molecular flexibility index (Phi) is 4.70. The Morgan fingerprint density at radius 3 is 2.59 bits per heavy atom. The van der Waals surface area contributed by atoms with Crippen molar-refractivity contribution in [3.05, 3.63) is 76.5 Å². The van der Waals surface area contributed by atoms with Gasteiger partial charge in [0.2, 0.25) is 5.88 Å². The summed E-state index contributed by atoms with van der Waals surface area (Å²) in [6.45, 7) is 3.76. The molecule has 0 amide bonds. The third-order valence-corrected chi connectivity index (χ3v) is 4.24. The van der Waals surface area contributed by atoms with Crippen molar-refractivity contribution in [1.82, 2.24) is 19.9 Å². The second-order valence-corrected chi connectivity index (χ2v) is 6.38. The van der Waals surface area contributed by atoms with E-state index in [4.69, 9.17) is 4.74 Å². The predicted octanol–water partition coefficient (Wildman–Crippen LogP) is 4.48. The molecule has 1 N–H and O–H groups in total. The van der Waals surface area contributed by atoms with E-state index in [1.807, 2.05) is 32.0 Å². The quantitative estimate of drug-likeness (QED) is 0.393. The Morgan fingerprint density at radius 2 is 1.86 bits per heavy atom. The fourth-order valence-electron chi connectivity index (χ4n) is 2.78. The molecule has 2 aromatic carbocycles. The molecule has 2 heterocycles. The van der Waals surface area contributed by atoms with Gasteiger partial charge in [-0.05, 0) is 43.7 Å². The average Bonchev–Trinajstić information content (AvgIpc) is 2.71. The van der Waals surface area contributed by atoms with Crippen molar-refractivity contribution >= 4 is 28.1 Å². The van der Waals surface area contributed by atoms with Crippen LogP contribution in [0.1, 0.15) is 11.3 Å². The Bertz CT molecular complexity index is 1210. The van der Waals surface area contributed by atoms with Gasteiger partial charge in [-0.2, -0.15) is 0 Å². The monoisotopic (exact) mass is 388 g/mol. The van der Waals surface area contributed by atoms with E-state index in [0.717, 1.165) is 16.9 Å². The lowest BCUT2D eigenvalue weighted by Gasteiger charge is -2.12. The molecule has 0 bridgehead atoms. The fourth-order valence-corrected chi connectivity index (χ4v) is 2.78. The normalized spacial score (nSPS) is 10.7. The Labute approximate surface area is 165 Å². The SMILES string of the molecule is Cc1cnc(Oc2ccc(Nc3ncnc4ccc([N+](=O)[O-])cc34)cc2C)cn1. The van der Waals surface area contributed by atoms with Gasteiger partial charge in [0.1, 0.15) is 17.9 Å². The highest BCUT2D eigenvalue weighted by Gasteiger charge is 2.12. The van der Waals surface area contributed by atoms with Crippen molar-refractivity contribution in [2.45, 2.75) is 13.8 Å². The van der Waals surface area contributed by atoms with Crippen LogP contribution in [0.15, 0.2) is 55.1 Å². The van der Waals surface area contributed by atoms with Crippen LogP contribution in [0.25, 0.3) is 10.9 Å². The summed E-state index contributed by atoms with van der Waals surface area (Å²) in [5.74, 6) is 1.54. The van der Waals surface area contributed by atoms with Crippen LogP contribution in [0.2, 0.25) is 0 Å². The fraction of sp³-hybridized carbons (Fsp3) is 0.100. The highest BCUT2D eigenvalue weighted by molar-refractivity contribution is 5.92. The molecule has 9 nitrogen and oxygen atoms in total. The maximum absolute atomic E-state index is 11.1. The van der Waals surface area contributed by atoms with Gasteiger partial charge in [0, 0.05) is 23.2 Å². The number of nitrogens with one attached hydrogen (secondary N) is 1. The van der Waals surface area contributed by atoms with E-state index >= 15 is 0 Å². The average molecular weight is 388 g/mol. The summed E-state index contributed by atoms with van der Waals surface area (Å²) in [7, 11) is 0. The molecule has 9 heteroatoms. The van der Waals surface area contributed by atoms with E-state index in [0.29, 0.717) is 28.4 Å². The Hall–Kier alpha value is -4.14. The topological polar surface area (TPSA) is 116 Å². The summed E-state index contributed by atoms with van der Waals surface area (Å²) in [6.07, 6.45) is 4.62. The second kappa shape index (κ2) is 7.47. The molecule has 2 aromatic heterocycles. The zero-order valence-electron chi connectivity index (χ0n) is 15.7. The summed E-state index contributed by atoms with van der Waals surface area (Å²) in [5, 5.41) is 14.8. The number of anilines is 2. The van der Waals surface area contributed by atoms with Crippen molar-refractivity contribution in [3.8, 4) is 11.6 Å². The van der Waals surface area contributed by atoms with Crippen LogP contribution < -0.4 is 10.1 Å². The molecule has 144 valence electrons. The van der Waals surface area contributed by atoms with Gasteiger partial charge in [-0.3, -0.25) is 15.1 Å². The van der Waals surface area contributed by atoms with Gasteiger partial charge >= 0.3 is 0 Å². The van der Waals surface area contributed by atoms with Crippen molar-refractivity contribution < 1.29 is 9.66 Å². The molecule has 29 heavy (non-hydrogen) atoms. The predicted molar refractivity (Wildman–Crippen MR) is 107 cm³/mol. The van der Waals surface area contributed by atoms with Gasteiger partial charge in [-0.15, -0.1) is 0 Å². The number of hydrogen-bond donors (Lipinski definition) is 1. The smallest absolute Gasteiger partial charge is 0.270 e. The first kappa shape index (κ1) is 18.2. The maximum atomic E-state index is 11.1. The van der Waals surface area contributed by atoms with Crippen LogP contribution in [0.4, 0.5) is 17.2 Å². The molecular weight excluding hydrogens is 372 g/mol. The lowest BCUT2D eigenvalue weighted by Crippen LogP contribution is -1.98. The number of nitrogens with zero attached hydrogens (tertiary/aromatic N) is 5. The van der Waals surface area contributed by atoms with Gasteiger partial charge in [0.05, 0.1) is 28.5 Å². The third kappa shape index (κ3) is 3.93. The van der Waals surface area contributed by atoms with E-state index in [1.165, 1.54) is 18.5 Å². The number of nitro benzene ring substituents is 1. The Morgan fingerprint density at radius 1 is 1.00 bits per heavy atom. The zero-order chi connectivity index (χ0) is 20.4. The van der Waals surface area contributed by atoms with Gasteiger partial charge in [0.15, 0.2) is 0 Å². The molecular formula is C20H16N6O3. The lowest BCUT2D eigenvalue weighted by atomic mass is 10.2. The van der Waals surface area contributed by atoms with Crippen LogP contribution in [0.5, 0.6) is 11.6 Å². The van der Waals surface area contributed by atoms with E-state index in [2.05, 4.69) is 25.3 Å². The number of aryl methyl sites for hydroxylation is 2. The highest BCUT2D eigenvalue weighted by atomic mass is 16.6. The molecule has 0 atom stereocenters. The van der Waals surface area contributed by atoms with Gasteiger partial charge in [-0.25, -0.2) is 15.0 Å². The number of non-ortho nitro benzene ring substituents is 1. The van der Waals surface area contributed by atoms with Crippen LogP contribution in [0, 0.1) is 24.0 Å². The standard InChI is InChI=1S/C20H16N6O3/c1-12-7-14(3-6-18(12)29-19-10-21-13(2)9-22-19)25-20-16-8-15(26(27)28)4-5-17(16)23-11-24-20/h3-11H,1-2H3,(H,23,24,25). The molecule has 0 saturated carbocycles. The number of hydrogen-bond acceptors (Lipinski definition) is 8. The number of benzene rings is 2. The minimum absolute atomic E-state index is 0.0190. The van der Waals surface area contributed by atoms with Gasteiger partial charge < -0.3 is 10.1 Å². The molecule has 0 aliphatic rings. The van der Waals surface area contributed by atoms with Crippen molar-refractivity contribution in [2.24, 2.45) is 0 Å². The number of rotatable bonds is 5. The summed E-state index contributed by atoms with van der Waals surface area (Å²) >= 11 is 0. The summed E-state index contributed by atoms with van der Waals surface area (Å²) < 4.78 is 5.78. The van der Waals surface area contributed by atoms with Gasteiger partial charge in [0.25, 0.3) is 5.69 Å². The summed E-state index contributed by atoms with van der Waals surface area (Å²) in [6, 6.07) is 10.0. The van der Waals surface area contributed by atoms with Crippen LogP contribution >= 0.6 is 0 Å². The van der Waals surface area contributed by atoms with E-state index < -0.39 is 4.92 Å². The van der Waals surface area contributed by atoms with Crippen molar-refractivity contribution in [1.29, 1.82) is 0 Å². The molecule has 4 aromatic rings. The van der Waals surface area contributed by atoms with E-state index in [1.54, 1.807) is 18.5 Å². The van der Waals surface area contributed by atoms with Crippen LogP contribution in [0.3, 0.4) is 0 Å². The number of fused-ring (bicyclic) bond motifs is 1. The number of nitro groups is 1. The van der Waals surface area contributed by atoms with Crippen LogP contribution in [-0.4, -0.2) is 24.9 Å². The van der Waals surface area contributed by atoms with E-state index in [-0.39, 0.29) is 5.69 Å². The van der Waals surface area contributed by atoms with Crippen molar-refractivity contribution in [3.63, 3.8) is 0 Å². The minimum atomic E-state index is -0.444. The molecule has 4 rings (SSSR count).